The highest BCUT2D eigenvalue weighted by molar-refractivity contribution is 6.30. The van der Waals surface area contributed by atoms with Crippen LogP contribution in [0.5, 0.6) is 0 Å². The van der Waals surface area contributed by atoms with E-state index >= 15 is 0 Å². The molecular weight excluding hydrogens is 268 g/mol. The average molecular weight is 289 g/mol. The fraction of sp³-hybridized carbons (Fsp3) is 0.294. The summed E-state index contributed by atoms with van der Waals surface area (Å²) < 4.78 is 0. The molecule has 0 aliphatic rings. The number of halogens is 1. The van der Waals surface area contributed by atoms with Crippen LogP contribution in [0.2, 0.25) is 5.02 Å². The lowest BCUT2D eigenvalue weighted by molar-refractivity contribution is 0.812. The van der Waals surface area contributed by atoms with E-state index in [-0.39, 0.29) is 0 Å². The molecule has 20 heavy (non-hydrogen) atoms. The molecule has 0 heterocycles. The number of anilines is 2. The minimum atomic E-state index is 0.778. The van der Waals surface area contributed by atoms with Gasteiger partial charge in [0.2, 0.25) is 0 Å². The molecule has 0 atom stereocenters. The number of nitrogens with one attached hydrogen (secondary N) is 1. The van der Waals surface area contributed by atoms with E-state index in [0.717, 1.165) is 18.1 Å². The van der Waals surface area contributed by atoms with Crippen LogP contribution in [-0.4, -0.2) is 13.6 Å². The average Bonchev–Trinajstić information content (AvgIpc) is 2.44. The van der Waals surface area contributed by atoms with Crippen molar-refractivity contribution in [3.63, 3.8) is 0 Å². The third-order valence-corrected chi connectivity index (χ3v) is 3.66. The first-order valence-electron chi connectivity index (χ1n) is 6.93. The second-order valence-corrected chi connectivity index (χ2v) is 5.27. The summed E-state index contributed by atoms with van der Waals surface area (Å²) in [6.45, 7) is 6.04. The van der Waals surface area contributed by atoms with E-state index in [4.69, 9.17) is 11.6 Å². The van der Waals surface area contributed by atoms with Crippen LogP contribution in [0, 0.1) is 6.92 Å². The van der Waals surface area contributed by atoms with Crippen molar-refractivity contribution in [2.45, 2.75) is 20.4 Å². The van der Waals surface area contributed by atoms with Crippen molar-refractivity contribution in [3.8, 4) is 0 Å². The fourth-order valence-corrected chi connectivity index (χ4v) is 2.68. The van der Waals surface area contributed by atoms with Crippen molar-refractivity contribution in [3.05, 3.63) is 58.6 Å². The SMILES string of the molecule is CCN(c1ccccc1C)c1ccc(Cl)cc1CNC. The molecule has 0 aromatic heterocycles. The molecular formula is C17H21ClN2. The highest BCUT2D eigenvalue weighted by atomic mass is 35.5. The summed E-state index contributed by atoms with van der Waals surface area (Å²) in [4.78, 5) is 2.33. The van der Waals surface area contributed by atoms with Crippen LogP contribution in [0.25, 0.3) is 0 Å². The molecule has 1 N–H and O–H groups in total. The molecule has 0 bridgehead atoms. The lowest BCUT2D eigenvalue weighted by Gasteiger charge is -2.27. The molecule has 0 spiro atoms. The summed E-state index contributed by atoms with van der Waals surface area (Å²) in [7, 11) is 1.95. The first-order valence-corrected chi connectivity index (χ1v) is 7.31. The van der Waals surface area contributed by atoms with Gasteiger partial charge in [-0.15, -0.1) is 0 Å². The summed E-state index contributed by atoms with van der Waals surface area (Å²) in [6, 6.07) is 14.6. The van der Waals surface area contributed by atoms with E-state index in [2.05, 4.69) is 54.4 Å². The predicted octanol–water partition coefficient (Wildman–Crippen LogP) is 4.53. The molecule has 0 saturated heterocycles. The van der Waals surface area contributed by atoms with E-state index in [1.807, 2.05) is 19.2 Å². The molecule has 0 unspecified atom stereocenters. The van der Waals surface area contributed by atoms with Crippen molar-refractivity contribution in [1.29, 1.82) is 0 Å². The Morgan fingerprint density at radius 3 is 2.50 bits per heavy atom. The number of hydrogen-bond acceptors (Lipinski definition) is 2. The molecule has 3 heteroatoms. The van der Waals surface area contributed by atoms with Gasteiger partial charge in [-0.1, -0.05) is 29.8 Å². The lowest BCUT2D eigenvalue weighted by Crippen LogP contribution is -2.20. The Labute approximate surface area is 126 Å². The molecule has 106 valence electrons. The first-order chi connectivity index (χ1) is 9.67. The van der Waals surface area contributed by atoms with E-state index in [0.29, 0.717) is 0 Å². The molecule has 0 aliphatic carbocycles. The van der Waals surface area contributed by atoms with Gasteiger partial charge in [0.25, 0.3) is 0 Å². The number of para-hydroxylation sites is 1. The molecule has 2 aromatic rings. The van der Waals surface area contributed by atoms with Gasteiger partial charge >= 0.3 is 0 Å². The number of nitrogens with zero attached hydrogens (tertiary/aromatic N) is 1. The Balaban J connectivity index is 2.49. The van der Waals surface area contributed by atoms with Crippen molar-refractivity contribution < 1.29 is 0 Å². The van der Waals surface area contributed by atoms with Gasteiger partial charge in [-0.25, -0.2) is 0 Å². The first kappa shape index (κ1) is 14.9. The Hall–Kier alpha value is -1.51. The fourth-order valence-electron chi connectivity index (χ4n) is 2.49. The Kier molecular flexibility index (Phi) is 5.05. The maximum Gasteiger partial charge on any atom is 0.0457 e. The maximum atomic E-state index is 6.13. The van der Waals surface area contributed by atoms with Crippen molar-refractivity contribution >= 4 is 23.0 Å². The van der Waals surface area contributed by atoms with Gasteiger partial charge in [0, 0.05) is 29.5 Å². The van der Waals surface area contributed by atoms with E-state index in [1.54, 1.807) is 0 Å². The van der Waals surface area contributed by atoms with Crippen molar-refractivity contribution in [1.82, 2.24) is 5.32 Å². The smallest absolute Gasteiger partial charge is 0.0457 e. The van der Waals surface area contributed by atoms with Gasteiger partial charge in [0.15, 0.2) is 0 Å². The van der Waals surface area contributed by atoms with Gasteiger partial charge < -0.3 is 10.2 Å². The zero-order valence-corrected chi connectivity index (χ0v) is 13.0. The maximum absolute atomic E-state index is 6.13. The standard InChI is InChI=1S/C17H21ClN2/c1-4-20(16-8-6-5-7-13(16)2)17-10-9-15(18)11-14(17)12-19-3/h5-11,19H,4,12H2,1-3H3. The highest BCUT2D eigenvalue weighted by Gasteiger charge is 2.13. The van der Waals surface area contributed by atoms with Crippen LogP contribution in [0.15, 0.2) is 42.5 Å². The number of hydrogen-bond donors (Lipinski definition) is 1. The number of aryl methyl sites for hydroxylation is 1. The van der Waals surface area contributed by atoms with E-state index < -0.39 is 0 Å². The summed E-state index contributed by atoms with van der Waals surface area (Å²) in [5.41, 5.74) is 4.94. The van der Waals surface area contributed by atoms with Crippen LogP contribution < -0.4 is 10.2 Å². The van der Waals surface area contributed by atoms with Crippen LogP contribution in [-0.2, 0) is 6.54 Å². The third-order valence-electron chi connectivity index (χ3n) is 3.42. The van der Waals surface area contributed by atoms with Gasteiger partial charge in [-0.05, 0) is 56.3 Å². The van der Waals surface area contributed by atoms with Crippen LogP contribution in [0.3, 0.4) is 0 Å². The quantitative estimate of drug-likeness (QED) is 0.870. The molecule has 0 saturated carbocycles. The zero-order chi connectivity index (χ0) is 14.5. The van der Waals surface area contributed by atoms with Gasteiger partial charge in [-0.2, -0.15) is 0 Å². The monoisotopic (exact) mass is 288 g/mol. The topological polar surface area (TPSA) is 15.3 Å². The van der Waals surface area contributed by atoms with Gasteiger partial charge in [-0.3, -0.25) is 0 Å². The van der Waals surface area contributed by atoms with Crippen molar-refractivity contribution in [2.24, 2.45) is 0 Å². The Morgan fingerprint density at radius 1 is 1.10 bits per heavy atom. The highest BCUT2D eigenvalue weighted by Crippen LogP contribution is 2.32. The third kappa shape index (κ3) is 3.14. The minimum Gasteiger partial charge on any atom is -0.341 e. The summed E-state index contributed by atoms with van der Waals surface area (Å²) in [5.74, 6) is 0. The van der Waals surface area contributed by atoms with E-state index in [1.165, 1.54) is 22.5 Å². The largest absolute Gasteiger partial charge is 0.341 e. The second kappa shape index (κ2) is 6.78. The summed E-state index contributed by atoms with van der Waals surface area (Å²) in [5, 5.41) is 3.99. The molecule has 2 nitrogen and oxygen atoms in total. The normalized spacial score (nSPS) is 10.6. The second-order valence-electron chi connectivity index (χ2n) is 4.83. The van der Waals surface area contributed by atoms with Crippen LogP contribution in [0.1, 0.15) is 18.1 Å². The van der Waals surface area contributed by atoms with Gasteiger partial charge in [0.1, 0.15) is 0 Å². The predicted molar refractivity (Wildman–Crippen MR) is 88.1 cm³/mol. The molecule has 0 amide bonds. The van der Waals surface area contributed by atoms with Gasteiger partial charge in [0.05, 0.1) is 0 Å². The molecule has 2 rings (SSSR count). The van der Waals surface area contributed by atoms with E-state index in [9.17, 15) is 0 Å². The minimum absolute atomic E-state index is 0.778. The van der Waals surface area contributed by atoms with Crippen LogP contribution in [0.4, 0.5) is 11.4 Å². The molecule has 2 aromatic carbocycles. The lowest BCUT2D eigenvalue weighted by atomic mass is 10.1. The Morgan fingerprint density at radius 2 is 1.85 bits per heavy atom. The number of benzene rings is 2. The molecule has 0 radical (unpaired) electrons. The number of rotatable bonds is 5. The Bertz CT molecular complexity index is 581. The summed E-state index contributed by atoms with van der Waals surface area (Å²) in [6.07, 6.45) is 0. The zero-order valence-electron chi connectivity index (χ0n) is 12.3. The summed E-state index contributed by atoms with van der Waals surface area (Å²) >= 11 is 6.13. The van der Waals surface area contributed by atoms with Crippen molar-refractivity contribution in [2.75, 3.05) is 18.5 Å². The molecule has 0 aliphatic heterocycles. The molecule has 0 fully saturated rings. The van der Waals surface area contributed by atoms with Crippen LogP contribution >= 0.6 is 11.6 Å².